The van der Waals surface area contributed by atoms with E-state index in [2.05, 4.69) is 0 Å². The molecule has 0 spiro atoms. The molecule has 1 aromatic heterocycles. The van der Waals surface area contributed by atoms with Crippen LogP contribution in [0.3, 0.4) is 0 Å². The Balaban J connectivity index is 2.40. The standard InChI is InChI=1S/C14H13N3O2/c1-2-16-8-7-13(18)17(14(16)19)10-12-5-3-11(9-15)4-6-12/h3-8H,2,10H2,1H3. The van der Waals surface area contributed by atoms with Gasteiger partial charge in [-0.2, -0.15) is 5.26 Å². The topological polar surface area (TPSA) is 67.8 Å². The van der Waals surface area contributed by atoms with Crippen LogP contribution in [0.25, 0.3) is 0 Å². The fourth-order valence-electron chi connectivity index (χ4n) is 1.81. The summed E-state index contributed by atoms with van der Waals surface area (Å²) in [6, 6.07) is 10.2. The predicted octanol–water partition coefficient (Wildman–Crippen LogP) is 0.950. The second-order valence-corrected chi connectivity index (χ2v) is 4.12. The Morgan fingerprint density at radius 2 is 1.84 bits per heavy atom. The Morgan fingerprint density at radius 3 is 2.42 bits per heavy atom. The minimum absolute atomic E-state index is 0.213. The van der Waals surface area contributed by atoms with E-state index in [0.717, 1.165) is 5.56 Å². The van der Waals surface area contributed by atoms with Crippen LogP contribution in [0.4, 0.5) is 0 Å². The third-order valence-corrected chi connectivity index (χ3v) is 2.90. The molecule has 0 bridgehead atoms. The van der Waals surface area contributed by atoms with E-state index < -0.39 is 0 Å². The lowest BCUT2D eigenvalue weighted by atomic mass is 10.1. The van der Waals surface area contributed by atoms with Crippen molar-refractivity contribution in [3.63, 3.8) is 0 Å². The van der Waals surface area contributed by atoms with Gasteiger partial charge >= 0.3 is 5.69 Å². The van der Waals surface area contributed by atoms with Crippen molar-refractivity contribution in [2.75, 3.05) is 0 Å². The van der Waals surface area contributed by atoms with Gasteiger partial charge < -0.3 is 4.57 Å². The predicted molar refractivity (Wildman–Crippen MR) is 70.9 cm³/mol. The zero-order chi connectivity index (χ0) is 13.8. The third kappa shape index (κ3) is 2.63. The monoisotopic (exact) mass is 255 g/mol. The van der Waals surface area contributed by atoms with Crippen molar-refractivity contribution in [3.05, 3.63) is 68.5 Å². The molecule has 5 heteroatoms. The minimum Gasteiger partial charge on any atom is -0.301 e. The first kappa shape index (κ1) is 12.8. The van der Waals surface area contributed by atoms with Gasteiger partial charge in [0.25, 0.3) is 5.56 Å². The zero-order valence-electron chi connectivity index (χ0n) is 10.5. The summed E-state index contributed by atoms with van der Waals surface area (Å²) >= 11 is 0. The molecule has 0 amide bonds. The summed E-state index contributed by atoms with van der Waals surface area (Å²) in [6.07, 6.45) is 1.50. The van der Waals surface area contributed by atoms with Gasteiger partial charge in [0.15, 0.2) is 0 Å². The number of nitriles is 1. The molecule has 2 aromatic rings. The maximum Gasteiger partial charge on any atom is 0.331 e. The van der Waals surface area contributed by atoms with Crippen LogP contribution >= 0.6 is 0 Å². The molecule has 0 aliphatic carbocycles. The van der Waals surface area contributed by atoms with Crippen LogP contribution in [0.2, 0.25) is 0 Å². The van der Waals surface area contributed by atoms with E-state index >= 15 is 0 Å². The Labute approximate surface area is 110 Å². The van der Waals surface area contributed by atoms with Crippen molar-refractivity contribution in [1.82, 2.24) is 9.13 Å². The molecule has 0 radical (unpaired) electrons. The summed E-state index contributed by atoms with van der Waals surface area (Å²) < 4.78 is 2.66. The molecule has 0 saturated carbocycles. The van der Waals surface area contributed by atoms with Crippen LogP contribution < -0.4 is 11.2 Å². The molecule has 0 fully saturated rings. The fraction of sp³-hybridized carbons (Fsp3) is 0.214. The van der Waals surface area contributed by atoms with E-state index in [9.17, 15) is 9.59 Å². The Morgan fingerprint density at radius 1 is 1.16 bits per heavy atom. The number of aromatic nitrogens is 2. The van der Waals surface area contributed by atoms with Crippen molar-refractivity contribution >= 4 is 0 Å². The van der Waals surface area contributed by atoms with Gasteiger partial charge in [0.05, 0.1) is 18.2 Å². The Hall–Kier alpha value is -2.61. The first-order valence-corrected chi connectivity index (χ1v) is 5.95. The normalized spacial score (nSPS) is 10.1. The molecular weight excluding hydrogens is 242 g/mol. The van der Waals surface area contributed by atoms with Crippen molar-refractivity contribution in [1.29, 1.82) is 5.26 Å². The second-order valence-electron chi connectivity index (χ2n) is 4.12. The van der Waals surface area contributed by atoms with Crippen LogP contribution in [0.1, 0.15) is 18.1 Å². The van der Waals surface area contributed by atoms with Gasteiger partial charge in [-0.1, -0.05) is 12.1 Å². The molecule has 0 aliphatic rings. The fourth-order valence-corrected chi connectivity index (χ4v) is 1.81. The zero-order valence-corrected chi connectivity index (χ0v) is 10.5. The first-order valence-electron chi connectivity index (χ1n) is 5.95. The summed E-state index contributed by atoms with van der Waals surface area (Å²) in [4.78, 5) is 23.8. The minimum atomic E-state index is -0.320. The second kappa shape index (κ2) is 5.36. The van der Waals surface area contributed by atoms with Gasteiger partial charge in [-0.25, -0.2) is 4.79 Å². The lowest BCUT2D eigenvalue weighted by Crippen LogP contribution is -2.38. The van der Waals surface area contributed by atoms with Crippen LogP contribution in [-0.4, -0.2) is 9.13 Å². The number of hydrogen-bond acceptors (Lipinski definition) is 3. The number of aryl methyl sites for hydroxylation is 1. The largest absolute Gasteiger partial charge is 0.331 e. The molecule has 0 N–H and O–H groups in total. The van der Waals surface area contributed by atoms with Crippen molar-refractivity contribution < 1.29 is 0 Å². The van der Waals surface area contributed by atoms with Gasteiger partial charge in [-0.05, 0) is 24.6 Å². The molecule has 1 aromatic carbocycles. The summed E-state index contributed by atoms with van der Waals surface area (Å²) in [7, 11) is 0. The van der Waals surface area contributed by atoms with E-state index in [-0.39, 0.29) is 17.8 Å². The smallest absolute Gasteiger partial charge is 0.301 e. The summed E-state index contributed by atoms with van der Waals surface area (Å²) in [5.74, 6) is 0. The molecule has 2 rings (SSSR count). The Kier molecular flexibility index (Phi) is 3.62. The van der Waals surface area contributed by atoms with Crippen LogP contribution in [0, 0.1) is 11.3 Å². The van der Waals surface area contributed by atoms with Gasteiger partial charge in [-0.3, -0.25) is 9.36 Å². The number of nitrogens with zero attached hydrogens (tertiary/aromatic N) is 3. The third-order valence-electron chi connectivity index (χ3n) is 2.90. The highest BCUT2D eigenvalue weighted by Gasteiger charge is 2.05. The molecule has 96 valence electrons. The van der Waals surface area contributed by atoms with Crippen LogP contribution in [0.15, 0.2) is 46.1 Å². The highest BCUT2D eigenvalue weighted by atomic mass is 16.2. The molecule has 1 heterocycles. The summed E-state index contributed by atoms with van der Waals surface area (Å²) in [5.41, 5.74) is 0.723. The van der Waals surface area contributed by atoms with Gasteiger partial charge in [0, 0.05) is 18.8 Å². The maximum atomic E-state index is 12.0. The molecule has 0 unspecified atom stereocenters. The highest BCUT2D eigenvalue weighted by molar-refractivity contribution is 5.31. The number of rotatable bonds is 3. The van der Waals surface area contributed by atoms with Crippen LogP contribution in [-0.2, 0) is 13.1 Å². The van der Waals surface area contributed by atoms with Gasteiger partial charge in [0.2, 0.25) is 0 Å². The van der Waals surface area contributed by atoms with Gasteiger partial charge in [-0.15, -0.1) is 0 Å². The summed E-state index contributed by atoms with van der Waals surface area (Å²) in [5, 5.41) is 8.72. The number of benzene rings is 1. The van der Waals surface area contributed by atoms with E-state index in [4.69, 9.17) is 5.26 Å². The van der Waals surface area contributed by atoms with E-state index in [1.807, 2.05) is 13.0 Å². The van der Waals surface area contributed by atoms with Crippen molar-refractivity contribution in [2.24, 2.45) is 0 Å². The number of hydrogen-bond donors (Lipinski definition) is 0. The lowest BCUT2D eigenvalue weighted by Gasteiger charge is -2.08. The average Bonchev–Trinajstić information content (AvgIpc) is 2.44. The lowest BCUT2D eigenvalue weighted by molar-refractivity contribution is 0.600. The molecule has 19 heavy (non-hydrogen) atoms. The SMILES string of the molecule is CCn1ccc(=O)n(Cc2ccc(C#N)cc2)c1=O. The van der Waals surface area contributed by atoms with Gasteiger partial charge in [0.1, 0.15) is 0 Å². The molecular formula is C14H13N3O2. The van der Waals surface area contributed by atoms with E-state index in [1.165, 1.54) is 21.4 Å². The molecule has 0 atom stereocenters. The molecule has 5 nitrogen and oxygen atoms in total. The van der Waals surface area contributed by atoms with E-state index in [1.54, 1.807) is 24.3 Å². The average molecular weight is 255 g/mol. The quantitative estimate of drug-likeness (QED) is 0.820. The first-order chi connectivity index (χ1) is 9.15. The summed E-state index contributed by atoms with van der Waals surface area (Å²) in [6.45, 7) is 2.58. The highest BCUT2D eigenvalue weighted by Crippen LogP contribution is 2.03. The molecule has 0 saturated heterocycles. The van der Waals surface area contributed by atoms with Crippen LogP contribution in [0.5, 0.6) is 0 Å². The Bertz CT molecular complexity index is 733. The molecule has 0 aliphatic heterocycles. The van der Waals surface area contributed by atoms with Crippen molar-refractivity contribution in [3.8, 4) is 6.07 Å². The van der Waals surface area contributed by atoms with E-state index in [0.29, 0.717) is 12.1 Å². The maximum absolute atomic E-state index is 12.0. The van der Waals surface area contributed by atoms with Crippen molar-refractivity contribution in [2.45, 2.75) is 20.0 Å².